The summed E-state index contributed by atoms with van der Waals surface area (Å²) in [4.78, 5) is 19.5. The topological polar surface area (TPSA) is 33.2 Å². The fourth-order valence-corrected chi connectivity index (χ4v) is 2.99. The molecule has 0 saturated heterocycles. The summed E-state index contributed by atoms with van der Waals surface area (Å²) in [6.07, 6.45) is 0. The molecule has 0 saturated carbocycles. The zero-order valence-corrected chi connectivity index (χ0v) is 13.5. The summed E-state index contributed by atoms with van der Waals surface area (Å²) in [7, 11) is 1.82. The van der Waals surface area contributed by atoms with Gasteiger partial charge >= 0.3 is 0 Å². The second-order valence-corrected chi connectivity index (χ2v) is 6.34. The van der Waals surface area contributed by atoms with Crippen LogP contribution in [-0.4, -0.2) is 22.8 Å². The smallest absolute Gasteiger partial charge is 0.254 e. The zero-order chi connectivity index (χ0) is 14.0. The number of carbonyl (C=O) groups excluding carboxylic acids is 1. The second-order valence-electron chi connectivity index (χ2n) is 4.48. The summed E-state index contributed by atoms with van der Waals surface area (Å²) in [5.41, 5.74) is 4.53. The number of carbonyl (C=O) groups is 1. The Kier molecular flexibility index (Phi) is 4.37. The van der Waals surface area contributed by atoms with E-state index in [1.165, 1.54) is 0 Å². The molecule has 0 fully saturated rings. The van der Waals surface area contributed by atoms with Gasteiger partial charge in [-0.1, -0.05) is 22.0 Å². The third kappa shape index (κ3) is 3.22. The van der Waals surface area contributed by atoms with Crippen molar-refractivity contribution in [3.8, 4) is 0 Å². The summed E-state index contributed by atoms with van der Waals surface area (Å²) in [6, 6.07) is 5.76. The normalized spacial score (nSPS) is 10.5. The van der Waals surface area contributed by atoms with Crippen LogP contribution in [-0.2, 0) is 6.54 Å². The third-order valence-corrected chi connectivity index (χ3v) is 4.42. The number of hydrogen-bond donors (Lipinski definition) is 0. The third-order valence-electron chi connectivity index (χ3n) is 3.00. The molecule has 0 aliphatic rings. The van der Waals surface area contributed by atoms with E-state index in [1.807, 2.05) is 44.6 Å². The molecule has 100 valence electrons. The first kappa shape index (κ1) is 14.2. The van der Waals surface area contributed by atoms with Crippen molar-refractivity contribution >= 4 is 33.2 Å². The number of benzene rings is 1. The van der Waals surface area contributed by atoms with Crippen molar-refractivity contribution in [2.24, 2.45) is 0 Å². The first-order valence-electron chi connectivity index (χ1n) is 5.89. The molecule has 0 spiro atoms. The maximum absolute atomic E-state index is 12.4. The minimum Gasteiger partial charge on any atom is -0.336 e. The van der Waals surface area contributed by atoms with Crippen molar-refractivity contribution in [3.05, 3.63) is 49.9 Å². The highest BCUT2D eigenvalue weighted by molar-refractivity contribution is 9.10. The lowest BCUT2D eigenvalue weighted by atomic mass is 10.1. The molecule has 0 N–H and O–H groups in total. The molecule has 0 unspecified atom stereocenters. The van der Waals surface area contributed by atoms with Gasteiger partial charge in [-0.25, -0.2) is 4.98 Å². The molecule has 0 bridgehead atoms. The molecule has 19 heavy (non-hydrogen) atoms. The maximum atomic E-state index is 12.4. The highest BCUT2D eigenvalue weighted by Crippen LogP contribution is 2.20. The number of hydrogen-bond acceptors (Lipinski definition) is 3. The van der Waals surface area contributed by atoms with E-state index in [0.717, 1.165) is 26.2 Å². The first-order valence-corrected chi connectivity index (χ1v) is 7.57. The molecule has 3 nitrogen and oxygen atoms in total. The Labute approximate surface area is 125 Å². The van der Waals surface area contributed by atoms with Gasteiger partial charge in [-0.2, -0.15) is 0 Å². The van der Waals surface area contributed by atoms with Gasteiger partial charge in [0.05, 0.1) is 17.7 Å². The van der Waals surface area contributed by atoms with Gasteiger partial charge in [0.15, 0.2) is 0 Å². The molecule has 1 amide bonds. The lowest BCUT2D eigenvalue weighted by molar-refractivity contribution is 0.0785. The zero-order valence-electron chi connectivity index (χ0n) is 11.1. The van der Waals surface area contributed by atoms with Crippen molar-refractivity contribution in [2.45, 2.75) is 20.4 Å². The van der Waals surface area contributed by atoms with Crippen LogP contribution >= 0.6 is 27.3 Å². The predicted octanol–water partition coefficient (Wildman–Crippen LogP) is 3.79. The number of amides is 1. The standard InChI is InChI=1S/C14H15BrN2OS/c1-9-4-5-11(15)6-12(9)14(18)17(3)7-13-10(2)16-8-19-13/h4-6,8H,7H2,1-3H3. The Morgan fingerprint density at radius 1 is 1.42 bits per heavy atom. The molecule has 1 heterocycles. The summed E-state index contributed by atoms with van der Waals surface area (Å²) >= 11 is 4.99. The number of aryl methyl sites for hydroxylation is 2. The van der Waals surface area contributed by atoms with Crippen LogP contribution in [0.1, 0.15) is 26.5 Å². The molecule has 0 atom stereocenters. The van der Waals surface area contributed by atoms with Gasteiger partial charge in [0.2, 0.25) is 0 Å². The maximum Gasteiger partial charge on any atom is 0.254 e. The molecule has 0 aliphatic carbocycles. The van der Waals surface area contributed by atoms with Gasteiger partial charge in [0.25, 0.3) is 5.91 Å². The van der Waals surface area contributed by atoms with Crippen molar-refractivity contribution in [2.75, 3.05) is 7.05 Å². The lowest BCUT2D eigenvalue weighted by Gasteiger charge is -2.18. The van der Waals surface area contributed by atoms with E-state index < -0.39 is 0 Å². The summed E-state index contributed by atoms with van der Waals surface area (Å²) in [5, 5.41) is 0. The van der Waals surface area contributed by atoms with Crippen LogP contribution in [0, 0.1) is 13.8 Å². The van der Waals surface area contributed by atoms with Gasteiger partial charge < -0.3 is 4.90 Å². The highest BCUT2D eigenvalue weighted by Gasteiger charge is 2.16. The molecule has 0 aliphatic heterocycles. The summed E-state index contributed by atoms with van der Waals surface area (Å²) in [6.45, 7) is 4.52. The van der Waals surface area contributed by atoms with Crippen LogP contribution in [0.3, 0.4) is 0 Å². The Morgan fingerprint density at radius 3 is 2.79 bits per heavy atom. The molecule has 5 heteroatoms. The van der Waals surface area contributed by atoms with E-state index in [1.54, 1.807) is 16.2 Å². The van der Waals surface area contributed by atoms with Gasteiger partial charge in [0, 0.05) is 22.0 Å². The van der Waals surface area contributed by atoms with E-state index in [9.17, 15) is 4.79 Å². The van der Waals surface area contributed by atoms with Crippen LogP contribution < -0.4 is 0 Å². The molecular formula is C14H15BrN2OS. The molecule has 1 aromatic heterocycles. The SMILES string of the molecule is Cc1ccc(Br)cc1C(=O)N(C)Cc1scnc1C. The lowest BCUT2D eigenvalue weighted by Crippen LogP contribution is -2.26. The van der Waals surface area contributed by atoms with Crippen LogP contribution in [0.15, 0.2) is 28.2 Å². The Balaban J connectivity index is 2.19. The van der Waals surface area contributed by atoms with Gasteiger partial charge in [-0.15, -0.1) is 11.3 Å². The van der Waals surface area contributed by atoms with Crippen LogP contribution in [0.4, 0.5) is 0 Å². The van der Waals surface area contributed by atoms with Gasteiger partial charge in [0.1, 0.15) is 0 Å². The van der Waals surface area contributed by atoms with Gasteiger partial charge in [-0.05, 0) is 31.5 Å². The highest BCUT2D eigenvalue weighted by atomic mass is 79.9. The van der Waals surface area contributed by atoms with E-state index in [-0.39, 0.29) is 5.91 Å². The van der Waals surface area contributed by atoms with Gasteiger partial charge in [-0.3, -0.25) is 4.79 Å². The van der Waals surface area contributed by atoms with Crippen LogP contribution in [0.2, 0.25) is 0 Å². The molecule has 2 rings (SSSR count). The van der Waals surface area contributed by atoms with E-state index in [2.05, 4.69) is 20.9 Å². The van der Waals surface area contributed by atoms with Crippen molar-refractivity contribution < 1.29 is 4.79 Å². The number of thiazole rings is 1. The van der Waals surface area contributed by atoms with Crippen molar-refractivity contribution in [1.82, 2.24) is 9.88 Å². The Hall–Kier alpha value is -1.20. The molecule has 1 aromatic carbocycles. The van der Waals surface area contributed by atoms with Crippen molar-refractivity contribution in [3.63, 3.8) is 0 Å². The van der Waals surface area contributed by atoms with Crippen LogP contribution in [0.25, 0.3) is 0 Å². The number of aromatic nitrogens is 1. The minimum absolute atomic E-state index is 0.0339. The molecule has 0 radical (unpaired) electrons. The monoisotopic (exact) mass is 338 g/mol. The largest absolute Gasteiger partial charge is 0.336 e. The van der Waals surface area contributed by atoms with Crippen LogP contribution in [0.5, 0.6) is 0 Å². The predicted molar refractivity (Wildman–Crippen MR) is 81.5 cm³/mol. The fourth-order valence-electron chi connectivity index (χ4n) is 1.80. The summed E-state index contributed by atoms with van der Waals surface area (Å²) < 4.78 is 0.920. The average molecular weight is 339 g/mol. The quantitative estimate of drug-likeness (QED) is 0.852. The van der Waals surface area contributed by atoms with E-state index >= 15 is 0 Å². The number of rotatable bonds is 3. The second kappa shape index (κ2) is 5.84. The fraction of sp³-hybridized carbons (Fsp3) is 0.286. The van der Waals surface area contributed by atoms with E-state index in [4.69, 9.17) is 0 Å². The molecule has 2 aromatic rings. The van der Waals surface area contributed by atoms with Crippen molar-refractivity contribution in [1.29, 1.82) is 0 Å². The first-order chi connectivity index (χ1) is 8.99. The molecular weight excluding hydrogens is 324 g/mol. The number of nitrogens with zero attached hydrogens (tertiary/aromatic N) is 2. The minimum atomic E-state index is 0.0339. The van der Waals surface area contributed by atoms with E-state index in [0.29, 0.717) is 6.54 Å². The Bertz CT molecular complexity index is 609. The summed E-state index contributed by atoms with van der Waals surface area (Å²) in [5.74, 6) is 0.0339. The number of halogens is 1. The average Bonchev–Trinajstić information content (AvgIpc) is 2.77. The Morgan fingerprint density at radius 2 is 2.16 bits per heavy atom.